The predicted molar refractivity (Wildman–Crippen MR) is 76.6 cm³/mol. The van der Waals surface area contributed by atoms with E-state index < -0.39 is 10.0 Å². The lowest BCUT2D eigenvalue weighted by Crippen LogP contribution is -2.29. The van der Waals surface area contributed by atoms with Gasteiger partial charge in [0.25, 0.3) is 0 Å². The monoisotopic (exact) mass is 282 g/mol. The first kappa shape index (κ1) is 14.5. The standard InChI is InChI=1S/C14H22N2O2S/c1-2-3-4-9-16-19(17,18)14-7-5-6-12-11-15-10-8-13(12)14/h5-7,15-16H,2-4,8-11H2,1H3. The summed E-state index contributed by atoms with van der Waals surface area (Å²) in [5.74, 6) is 0. The van der Waals surface area contributed by atoms with E-state index in [9.17, 15) is 8.42 Å². The Morgan fingerprint density at radius 3 is 2.95 bits per heavy atom. The van der Waals surface area contributed by atoms with Crippen LogP contribution in [0.1, 0.15) is 37.3 Å². The summed E-state index contributed by atoms with van der Waals surface area (Å²) in [4.78, 5) is 0.461. The molecule has 0 spiro atoms. The maximum absolute atomic E-state index is 12.3. The van der Waals surface area contributed by atoms with Gasteiger partial charge in [0.05, 0.1) is 4.90 Å². The molecular formula is C14H22N2O2S. The molecule has 5 heteroatoms. The van der Waals surface area contributed by atoms with Crippen LogP contribution in [0.2, 0.25) is 0 Å². The average Bonchev–Trinajstić information content (AvgIpc) is 2.43. The summed E-state index contributed by atoms with van der Waals surface area (Å²) in [6.07, 6.45) is 3.82. The van der Waals surface area contributed by atoms with Crippen molar-refractivity contribution >= 4 is 10.0 Å². The number of sulfonamides is 1. The molecule has 0 amide bonds. The van der Waals surface area contributed by atoms with E-state index in [4.69, 9.17) is 0 Å². The second-order valence-corrected chi connectivity index (χ2v) is 6.66. The maximum atomic E-state index is 12.3. The Morgan fingerprint density at radius 2 is 2.16 bits per heavy atom. The van der Waals surface area contributed by atoms with E-state index in [2.05, 4.69) is 17.0 Å². The number of fused-ring (bicyclic) bond motifs is 1. The second kappa shape index (κ2) is 6.50. The summed E-state index contributed by atoms with van der Waals surface area (Å²) < 4.78 is 27.4. The quantitative estimate of drug-likeness (QED) is 0.782. The van der Waals surface area contributed by atoms with Gasteiger partial charge in [-0.3, -0.25) is 0 Å². The highest BCUT2D eigenvalue weighted by Gasteiger charge is 2.21. The number of hydrogen-bond donors (Lipinski definition) is 2. The molecule has 0 saturated carbocycles. The van der Waals surface area contributed by atoms with E-state index in [0.29, 0.717) is 11.4 Å². The Balaban J connectivity index is 2.16. The molecular weight excluding hydrogens is 260 g/mol. The van der Waals surface area contributed by atoms with Crippen LogP contribution < -0.4 is 10.0 Å². The third kappa shape index (κ3) is 3.55. The number of benzene rings is 1. The third-order valence-electron chi connectivity index (χ3n) is 3.46. The molecule has 0 aromatic heterocycles. The predicted octanol–water partition coefficient (Wildman–Crippen LogP) is 1.80. The fraction of sp³-hybridized carbons (Fsp3) is 0.571. The zero-order valence-corrected chi connectivity index (χ0v) is 12.2. The molecule has 0 unspecified atom stereocenters. The van der Waals surface area contributed by atoms with Crippen molar-refractivity contribution in [1.82, 2.24) is 10.0 Å². The normalized spacial score (nSPS) is 15.2. The molecule has 2 rings (SSSR count). The van der Waals surface area contributed by atoms with Crippen molar-refractivity contribution in [3.63, 3.8) is 0 Å². The van der Waals surface area contributed by atoms with Crippen molar-refractivity contribution in [1.29, 1.82) is 0 Å². The average molecular weight is 282 g/mol. The Morgan fingerprint density at radius 1 is 1.32 bits per heavy atom. The van der Waals surface area contributed by atoms with Crippen LogP contribution in [0, 0.1) is 0 Å². The fourth-order valence-electron chi connectivity index (χ4n) is 2.41. The number of nitrogens with one attached hydrogen (secondary N) is 2. The molecule has 1 aromatic carbocycles. The van der Waals surface area contributed by atoms with Crippen LogP contribution in [0.5, 0.6) is 0 Å². The summed E-state index contributed by atoms with van der Waals surface area (Å²) in [6, 6.07) is 5.54. The van der Waals surface area contributed by atoms with Crippen molar-refractivity contribution in [2.45, 2.75) is 44.0 Å². The van der Waals surface area contributed by atoms with Crippen molar-refractivity contribution in [3.8, 4) is 0 Å². The smallest absolute Gasteiger partial charge is 0.240 e. The highest BCUT2D eigenvalue weighted by atomic mass is 32.2. The summed E-state index contributed by atoms with van der Waals surface area (Å²) in [6.45, 7) is 4.23. The maximum Gasteiger partial charge on any atom is 0.240 e. The van der Waals surface area contributed by atoms with Gasteiger partial charge in [0.15, 0.2) is 0 Å². The summed E-state index contributed by atoms with van der Waals surface area (Å²) in [5, 5.41) is 3.26. The van der Waals surface area contributed by atoms with E-state index in [1.807, 2.05) is 12.1 Å². The first-order chi connectivity index (χ1) is 9.15. The molecule has 1 aromatic rings. The van der Waals surface area contributed by atoms with Gasteiger partial charge < -0.3 is 5.32 Å². The van der Waals surface area contributed by atoms with Crippen molar-refractivity contribution in [2.24, 2.45) is 0 Å². The Kier molecular flexibility index (Phi) is 4.96. The summed E-state index contributed by atoms with van der Waals surface area (Å²) in [7, 11) is -3.36. The van der Waals surface area contributed by atoms with Gasteiger partial charge >= 0.3 is 0 Å². The minimum atomic E-state index is -3.36. The molecule has 1 heterocycles. The summed E-state index contributed by atoms with van der Waals surface area (Å²) in [5.41, 5.74) is 2.08. The Hall–Kier alpha value is -0.910. The van der Waals surface area contributed by atoms with Crippen LogP contribution >= 0.6 is 0 Å². The van der Waals surface area contributed by atoms with Crippen LogP contribution in [0.3, 0.4) is 0 Å². The van der Waals surface area contributed by atoms with Gasteiger partial charge in [0.2, 0.25) is 10.0 Å². The fourth-order valence-corrected chi connectivity index (χ4v) is 3.79. The van der Waals surface area contributed by atoms with Crippen molar-refractivity contribution < 1.29 is 8.42 Å². The Bertz CT molecular complexity index is 526. The van der Waals surface area contributed by atoms with Crippen LogP contribution in [0.25, 0.3) is 0 Å². The highest BCUT2D eigenvalue weighted by molar-refractivity contribution is 7.89. The zero-order chi connectivity index (χ0) is 13.7. The van der Waals surface area contributed by atoms with Gasteiger partial charge in [-0.15, -0.1) is 0 Å². The van der Waals surface area contributed by atoms with E-state index >= 15 is 0 Å². The molecule has 106 valence electrons. The van der Waals surface area contributed by atoms with Crippen molar-refractivity contribution in [2.75, 3.05) is 13.1 Å². The van der Waals surface area contributed by atoms with Gasteiger partial charge in [-0.1, -0.05) is 31.9 Å². The van der Waals surface area contributed by atoms with E-state index in [1.54, 1.807) is 6.07 Å². The van der Waals surface area contributed by atoms with Gasteiger partial charge in [-0.05, 0) is 36.6 Å². The molecule has 0 bridgehead atoms. The lowest BCUT2D eigenvalue weighted by Gasteiger charge is -2.20. The molecule has 0 radical (unpaired) electrons. The number of hydrogen-bond acceptors (Lipinski definition) is 3. The highest BCUT2D eigenvalue weighted by Crippen LogP contribution is 2.22. The molecule has 4 nitrogen and oxygen atoms in total. The molecule has 0 fully saturated rings. The van der Waals surface area contributed by atoms with Crippen LogP contribution in [0.4, 0.5) is 0 Å². The lowest BCUT2D eigenvalue weighted by atomic mass is 10.0. The SMILES string of the molecule is CCCCCNS(=O)(=O)c1cccc2c1CCNC2. The van der Waals surface area contributed by atoms with Crippen molar-refractivity contribution in [3.05, 3.63) is 29.3 Å². The van der Waals surface area contributed by atoms with E-state index in [0.717, 1.165) is 49.9 Å². The first-order valence-corrected chi connectivity index (χ1v) is 8.44. The minimum absolute atomic E-state index is 0.461. The lowest BCUT2D eigenvalue weighted by molar-refractivity contribution is 0.571. The molecule has 19 heavy (non-hydrogen) atoms. The Labute approximate surface area is 115 Å². The summed E-state index contributed by atoms with van der Waals surface area (Å²) >= 11 is 0. The van der Waals surface area contributed by atoms with Gasteiger partial charge in [0.1, 0.15) is 0 Å². The molecule has 1 aliphatic heterocycles. The minimum Gasteiger partial charge on any atom is -0.312 e. The van der Waals surface area contributed by atoms with Gasteiger partial charge in [0, 0.05) is 13.1 Å². The zero-order valence-electron chi connectivity index (χ0n) is 11.4. The number of unbranched alkanes of at least 4 members (excludes halogenated alkanes) is 2. The molecule has 0 atom stereocenters. The van der Waals surface area contributed by atoms with Crippen LogP contribution in [-0.2, 0) is 23.0 Å². The second-order valence-electron chi connectivity index (χ2n) is 4.93. The molecule has 0 aliphatic carbocycles. The van der Waals surface area contributed by atoms with Gasteiger partial charge in [-0.25, -0.2) is 13.1 Å². The number of rotatable bonds is 6. The van der Waals surface area contributed by atoms with Gasteiger partial charge in [-0.2, -0.15) is 0 Å². The first-order valence-electron chi connectivity index (χ1n) is 6.96. The van der Waals surface area contributed by atoms with Crippen LogP contribution in [0.15, 0.2) is 23.1 Å². The van der Waals surface area contributed by atoms with Crippen LogP contribution in [-0.4, -0.2) is 21.5 Å². The van der Waals surface area contributed by atoms with E-state index in [1.165, 1.54) is 0 Å². The largest absolute Gasteiger partial charge is 0.312 e. The molecule has 0 saturated heterocycles. The van der Waals surface area contributed by atoms with E-state index in [-0.39, 0.29) is 0 Å². The molecule has 2 N–H and O–H groups in total. The molecule has 1 aliphatic rings. The third-order valence-corrected chi connectivity index (χ3v) is 5.00. The topological polar surface area (TPSA) is 58.2 Å².